The molecule has 1 aliphatic heterocycles. The van der Waals surface area contributed by atoms with Gasteiger partial charge >= 0.3 is 0 Å². The standard InChI is InChI=1S/C14H31N3/c1-5-12(4)14(10-15)17-9-8-13(11-17)16(6-2)7-3/h12-14H,5-11,15H2,1-4H3. The van der Waals surface area contributed by atoms with Gasteiger partial charge in [0, 0.05) is 31.7 Å². The van der Waals surface area contributed by atoms with Crippen LogP contribution in [0, 0.1) is 5.92 Å². The Bertz CT molecular complexity index is 204. The topological polar surface area (TPSA) is 32.5 Å². The van der Waals surface area contributed by atoms with Crippen LogP contribution in [0.2, 0.25) is 0 Å². The Labute approximate surface area is 107 Å². The molecule has 17 heavy (non-hydrogen) atoms. The molecule has 0 spiro atoms. The lowest BCUT2D eigenvalue weighted by Crippen LogP contribution is -2.45. The van der Waals surface area contributed by atoms with Crippen molar-refractivity contribution in [3.8, 4) is 0 Å². The fraction of sp³-hybridized carbons (Fsp3) is 1.00. The van der Waals surface area contributed by atoms with Crippen LogP contribution < -0.4 is 5.73 Å². The molecule has 0 radical (unpaired) electrons. The number of likely N-dealkylation sites (tertiary alicyclic amines) is 1. The van der Waals surface area contributed by atoms with Crippen LogP contribution in [0.25, 0.3) is 0 Å². The Kier molecular flexibility index (Phi) is 6.45. The zero-order valence-corrected chi connectivity index (χ0v) is 12.2. The van der Waals surface area contributed by atoms with Gasteiger partial charge in [-0.2, -0.15) is 0 Å². The molecule has 3 heteroatoms. The van der Waals surface area contributed by atoms with Crippen LogP contribution in [0.4, 0.5) is 0 Å². The van der Waals surface area contributed by atoms with Gasteiger partial charge in [0.15, 0.2) is 0 Å². The molecule has 3 unspecified atom stereocenters. The van der Waals surface area contributed by atoms with E-state index >= 15 is 0 Å². The average Bonchev–Trinajstić information content (AvgIpc) is 2.81. The molecule has 2 N–H and O–H groups in total. The van der Waals surface area contributed by atoms with E-state index in [0.717, 1.165) is 18.5 Å². The van der Waals surface area contributed by atoms with Crippen molar-refractivity contribution in [2.24, 2.45) is 11.7 Å². The summed E-state index contributed by atoms with van der Waals surface area (Å²) in [6.45, 7) is 14.7. The summed E-state index contributed by atoms with van der Waals surface area (Å²) in [6, 6.07) is 1.34. The predicted octanol–water partition coefficient (Wildman–Crippen LogP) is 1.78. The van der Waals surface area contributed by atoms with Crippen LogP contribution in [0.5, 0.6) is 0 Å². The number of rotatable bonds is 7. The molecule has 1 rings (SSSR count). The first-order valence-corrected chi connectivity index (χ1v) is 7.35. The molecule has 0 saturated carbocycles. The van der Waals surface area contributed by atoms with Crippen molar-refractivity contribution in [3.63, 3.8) is 0 Å². The molecular formula is C14H31N3. The van der Waals surface area contributed by atoms with Crippen LogP contribution in [0.15, 0.2) is 0 Å². The maximum atomic E-state index is 5.96. The van der Waals surface area contributed by atoms with Crippen molar-refractivity contribution < 1.29 is 0 Å². The Morgan fingerprint density at radius 3 is 2.41 bits per heavy atom. The van der Waals surface area contributed by atoms with Crippen molar-refractivity contribution in [2.45, 2.75) is 52.6 Å². The van der Waals surface area contributed by atoms with Crippen molar-refractivity contribution in [3.05, 3.63) is 0 Å². The number of hydrogen-bond acceptors (Lipinski definition) is 3. The molecule has 1 heterocycles. The Hall–Kier alpha value is -0.120. The van der Waals surface area contributed by atoms with Gasteiger partial charge in [-0.05, 0) is 25.4 Å². The van der Waals surface area contributed by atoms with E-state index in [-0.39, 0.29) is 0 Å². The molecule has 0 aromatic carbocycles. The minimum Gasteiger partial charge on any atom is -0.329 e. The van der Waals surface area contributed by atoms with Gasteiger partial charge in [-0.15, -0.1) is 0 Å². The predicted molar refractivity (Wildman–Crippen MR) is 75.2 cm³/mol. The quantitative estimate of drug-likeness (QED) is 0.737. The monoisotopic (exact) mass is 241 g/mol. The van der Waals surface area contributed by atoms with E-state index in [1.165, 1.54) is 39.0 Å². The molecule has 0 aromatic heterocycles. The van der Waals surface area contributed by atoms with Gasteiger partial charge in [0.1, 0.15) is 0 Å². The second-order valence-electron chi connectivity index (χ2n) is 5.35. The van der Waals surface area contributed by atoms with Gasteiger partial charge in [-0.25, -0.2) is 0 Å². The smallest absolute Gasteiger partial charge is 0.0244 e. The lowest BCUT2D eigenvalue weighted by molar-refractivity contribution is 0.157. The van der Waals surface area contributed by atoms with Crippen LogP contribution in [-0.2, 0) is 0 Å². The molecular weight excluding hydrogens is 210 g/mol. The summed E-state index contributed by atoms with van der Waals surface area (Å²) >= 11 is 0. The summed E-state index contributed by atoms with van der Waals surface area (Å²) in [5, 5.41) is 0. The molecule has 1 fully saturated rings. The van der Waals surface area contributed by atoms with Crippen LogP contribution >= 0.6 is 0 Å². The average molecular weight is 241 g/mol. The Morgan fingerprint density at radius 2 is 1.94 bits per heavy atom. The Balaban J connectivity index is 2.53. The summed E-state index contributed by atoms with van der Waals surface area (Å²) in [6.07, 6.45) is 2.54. The highest BCUT2D eigenvalue weighted by molar-refractivity contribution is 4.88. The zero-order chi connectivity index (χ0) is 12.8. The number of likely N-dealkylation sites (N-methyl/N-ethyl adjacent to an activating group) is 1. The third kappa shape index (κ3) is 3.67. The van der Waals surface area contributed by atoms with Gasteiger partial charge in [-0.3, -0.25) is 9.80 Å². The van der Waals surface area contributed by atoms with E-state index in [2.05, 4.69) is 37.5 Å². The van der Waals surface area contributed by atoms with Gasteiger partial charge < -0.3 is 5.73 Å². The molecule has 0 aromatic rings. The molecule has 1 aliphatic rings. The van der Waals surface area contributed by atoms with Crippen LogP contribution in [0.1, 0.15) is 40.5 Å². The van der Waals surface area contributed by atoms with Gasteiger partial charge in [0.2, 0.25) is 0 Å². The normalized spacial score (nSPS) is 25.4. The third-order valence-electron chi connectivity index (χ3n) is 4.53. The van der Waals surface area contributed by atoms with Gasteiger partial charge in [-0.1, -0.05) is 34.1 Å². The Morgan fingerprint density at radius 1 is 1.29 bits per heavy atom. The summed E-state index contributed by atoms with van der Waals surface area (Å²) in [5.41, 5.74) is 5.96. The second kappa shape index (κ2) is 7.34. The van der Waals surface area contributed by atoms with Crippen molar-refractivity contribution in [1.82, 2.24) is 9.80 Å². The zero-order valence-electron chi connectivity index (χ0n) is 12.2. The molecule has 0 amide bonds. The minimum atomic E-state index is 0.584. The van der Waals surface area contributed by atoms with E-state index in [4.69, 9.17) is 5.73 Å². The third-order valence-corrected chi connectivity index (χ3v) is 4.53. The van der Waals surface area contributed by atoms with Gasteiger partial charge in [0.05, 0.1) is 0 Å². The first kappa shape index (κ1) is 14.9. The number of hydrogen-bond donors (Lipinski definition) is 1. The molecule has 0 aliphatic carbocycles. The second-order valence-corrected chi connectivity index (χ2v) is 5.35. The summed E-state index contributed by atoms with van der Waals surface area (Å²) in [5.74, 6) is 0.718. The first-order valence-electron chi connectivity index (χ1n) is 7.35. The number of nitrogens with two attached hydrogens (primary N) is 1. The number of nitrogens with zero attached hydrogens (tertiary/aromatic N) is 2. The molecule has 102 valence electrons. The van der Waals surface area contributed by atoms with E-state index in [9.17, 15) is 0 Å². The summed E-state index contributed by atoms with van der Waals surface area (Å²) < 4.78 is 0. The first-order chi connectivity index (χ1) is 8.17. The van der Waals surface area contributed by atoms with E-state index < -0.39 is 0 Å². The fourth-order valence-electron chi connectivity index (χ4n) is 3.12. The SMILES string of the molecule is CCC(C)C(CN)N1CCC(N(CC)CC)C1. The molecule has 1 saturated heterocycles. The summed E-state index contributed by atoms with van der Waals surface area (Å²) in [7, 11) is 0. The fourth-order valence-corrected chi connectivity index (χ4v) is 3.12. The van der Waals surface area contributed by atoms with Crippen LogP contribution in [0.3, 0.4) is 0 Å². The molecule has 3 atom stereocenters. The molecule has 3 nitrogen and oxygen atoms in total. The highest BCUT2D eigenvalue weighted by Crippen LogP contribution is 2.22. The van der Waals surface area contributed by atoms with Crippen molar-refractivity contribution in [2.75, 3.05) is 32.7 Å². The largest absolute Gasteiger partial charge is 0.329 e. The van der Waals surface area contributed by atoms with Gasteiger partial charge in [0.25, 0.3) is 0 Å². The maximum absolute atomic E-state index is 5.96. The lowest BCUT2D eigenvalue weighted by atomic mass is 9.98. The van der Waals surface area contributed by atoms with Crippen molar-refractivity contribution in [1.29, 1.82) is 0 Å². The lowest BCUT2D eigenvalue weighted by Gasteiger charge is -2.32. The van der Waals surface area contributed by atoms with Crippen molar-refractivity contribution >= 4 is 0 Å². The van der Waals surface area contributed by atoms with E-state index in [1.807, 2.05) is 0 Å². The van der Waals surface area contributed by atoms with E-state index in [0.29, 0.717) is 6.04 Å². The minimum absolute atomic E-state index is 0.584. The van der Waals surface area contributed by atoms with E-state index in [1.54, 1.807) is 0 Å². The van der Waals surface area contributed by atoms with Crippen LogP contribution in [-0.4, -0.2) is 54.6 Å². The maximum Gasteiger partial charge on any atom is 0.0244 e. The highest BCUT2D eigenvalue weighted by Gasteiger charge is 2.31. The molecule has 0 bridgehead atoms. The highest BCUT2D eigenvalue weighted by atomic mass is 15.3. The summed E-state index contributed by atoms with van der Waals surface area (Å²) in [4.78, 5) is 5.21.